The van der Waals surface area contributed by atoms with Crippen molar-refractivity contribution in [3.05, 3.63) is 66.0 Å². The number of pyridine rings is 1. The molecule has 1 saturated heterocycles. The number of rotatable bonds is 10. The molecule has 11 nitrogen and oxygen atoms in total. The summed E-state index contributed by atoms with van der Waals surface area (Å²) in [5.74, 6) is -1.52. The van der Waals surface area contributed by atoms with Gasteiger partial charge in [-0.1, -0.05) is 63.3 Å². The highest BCUT2D eigenvalue weighted by Gasteiger charge is 2.33. The Labute approximate surface area is 261 Å². The van der Waals surface area contributed by atoms with Gasteiger partial charge in [0.15, 0.2) is 23.2 Å². The minimum absolute atomic E-state index is 0.0268. The van der Waals surface area contributed by atoms with Crippen LogP contribution >= 0.6 is 0 Å². The summed E-state index contributed by atoms with van der Waals surface area (Å²) < 4.78 is 31.8. The summed E-state index contributed by atoms with van der Waals surface area (Å²) in [6.45, 7) is 15.2. The Hall–Kier alpha value is -3.96. The predicted molar refractivity (Wildman–Crippen MR) is 167 cm³/mol. The zero-order valence-corrected chi connectivity index (χ0v) is 27.2. The average molecular weight is 617 g/mol. The maximum Gasteiger partial charge on any atom is 0.331 e. The van der Waals surface area contributed by atoms with Gasteiger partial charge in [0.25, 0.3) is 5.91 Å². The normalized spacial score (nSPS) is 19.5. The molecule has 244 valence electrons. The molecule has 0 radical (unpaired) electrons. The smallest absolute Gasteiger partial charge is 0.331 e. The second-order valence-corrected chi connectivity index (χ2v) is 9.99. The van der Waals surface area contributed by atoms with E-state index in [4.69, 9.17) is 28.4 Å². The van der Waals surface area contributed by atoms with Gasteiger partial charge in [-0.15, -0.1) is 0 Å². The second-order valence-electron chi connectivity index (χ2n) is 9.99. The van der Waals surface area contributed by atoms with Crippen molar-refractivity contribution in [1.82, 2.24) is 10.3 Å². The lowest BCUT2D eigenvalue weighted by atomic mass is 9.85. The summed E-state index contributed by atoms with van der Waals surface area (Å²) in [7, 11) is 3.06. The van der Waals surface area contributed by atoms with Gasteiger partial charge >= 0.3 is 11.9 Å². The molecule has 3 rings (SSSR count). The van der Waals surface area contributed by atoms with Crippen LogP contribution in [0.15, 0.2) is 54.7 Å². The molecule has 0 bridgehead atoms. The first-order valence-electron chi connectivity index (χ1n) is 14.6. The van der Waals surface area contributed by atoms with E-state index in [2.05, 4.69) is 29.0 Å². The monoisotopic (exact) mass is 616 g/mol. The van der Waals surface area contributed by atoms with Gasteiger partial charge in [-0.05, 0) is 37.7 Å². The van der Waals surface area contributed by atoms with Gasteiger partial charge in [0.1, 0.15) is 6.10 Å². The van der Waals surface area contributed by atoms with E-state index < -0.39 is 30.7 Å². The molecule has 1 N–H and O–H groups in total. The summed E-state index contributed by atoms with van der Waals surface area (Å²) in [5, 5.41) is 2.63. The van der Waals surface area contributed by atoms with Crippen LogP contribution in [0.2, 0.25) is 0 Å². The van der Waals surface area contributed by atoms with Gasteiger partial charge in [0, 0.05) is 26.3 Å². The van der Waals surface area contributed by atoms with Crippen molar-refractivity contribution < 1.29 is 42.8 Å². The Kier molecular flexibility index (Phi) is 18.0. The van der Waals surface area contributed by atoms with Crippen molar-refractivity contribution in [2.24, 2.45) is 11.8 Å². The number of ether oxygens (including phenoxy) is 6. The fourth-order valence-electron chi connectivity index (χ4n) is 4.11. The Balaban J connectivity index is 0.00000108. The van der Waals surface area contributed by atoms with Crippen LogP contribution in [0.25, 0.3) is 0 Å². The number of nitrogens with one attached hydrogen (secondary N) is 1. The molecule has 0 spiro atoms. The van der Waals surface area contributed by atoms with Crippen LogP contribution in [0.1, 0.15) is 57.6 Å². The molecular formula is C33H48N2O9. The first kappa shape index (κ1) is 38.1. The third kappa shape index (κ3) is 13.1. The summed E-state index contributed by atoms with van der Waals surface area (Å²) in [4.78, 5) is 41.2. The van der Waals surface area contributed by atoms with Crippen LogP contribution in [0, 0.1) is 11.8 Å². The van der Waals surface area contributed by atoms with Crippen molar-refractivity contribution in [1.29, 1.82) is 0 Å². The van der Waals surface area contributed by atoms with Gasteiger partial charge in [0.05, 0.1) is 26.9 Å². The highest BCUT2D eigenvalue weighted by Crippen LogP contribution is 2.30. The maximum atomic E-state index is 13.1. The van der Waals surface area contributed by atoms with Crippen molar-refractivity contribution in [3.8, 4) is 11.5 Å². The molecule has 2 heterocycles. The fraction of sp³-hybridized carbons (Fsp3) is 0.515. The summed E-state index contributed by atoms with van der Waals surface area (Å²) in [6.07, 6.45) is 1.75. The zero-order chi connectivity index (χ0) is 33.1. The largest absolute Gasteiger partial charge is 0.493 e. The van der Waals surface area contributed by atoms with Crippen LogP contribution in [0.5, 0.6) is 11.5 Å². The molecule has 11 heteroatoms. The lowest BCUT2D eigenvalue weighted by Crippen LogP contribution is -2.46. The zero-order valence-electron chi connectivity index (χ0n) is 27.2. The first-order chi connectivity index (χ1) is 21.1. The van der Waals surface area contributed by atoms with Crippen molar-refractivity contribution in [2.45, 2.75) is 60.1 Å². The molecule has 1 fully saturated rings. The van der Waals surface area contributed by atoms with Crippen molar-refractivity contribution in [2.75, 3.05) is 40.8 Å². The molecule has 0 saturated carbocycles. The van der Waals surface area contributed by atoms with Crippen LogP contribution < -0.4 is 14.8 Å². The highest BCUT2D eigenvalue weighted by molar-refractivity contribution is 5.98. The molecule has 3 unspecified atom stereocenters. The number of benzene rings is 1. The van der Waals surface area contributed by atoms with E-state index in [0.717, 1.165) is 12.0 Å². The Bertz CT molecular complexity index is 1170. The van der Waals surface area contributed by atoms with E-state index in [0.29, 0.717) is 13.2 Å². The van der Waals surface area contributed by atoms with Crippen LogP contribution in [0.4, 0.5) is 0 Å². The topological polar surface area (TPSA) is 132 Å². The van der Waals surface area contributed by atoms with E-state index in [1.807, 2.05) is 52.8 Å². The minimum Gasteiger partial charge on any atom is -0.493 e. The van der Waals surface area contributed by atoms with Crippen LogP contribution in [-0.4, -0.2) is 75.8 Å². The van der Waals surface area contributed by atoms with Gasteiger partial charge < -0.3 is 33.7 Å². The Morgan fingerprint density at radius 2 is 1.75 bits per heavy atom. The highest BCUT2D eigenvalue weighted by atomic mass is 16.7. The minimum atomic E-state index is -1.06. The number of aromatic nitrogens is 1. The number of nitrogens with zero attached hydrogens (tertiary/aromatic N) is 1. The molecule has 2 aromatic rings. The van der Waals surface area contributed by atoms with Crippen LogP contribution in [-0.2, 0) is 35.0 Å². The molecule has 1 aliphatic heterocycles. The quantitative estimate of drug-likeness (QED) is 0.226. The fourth-order valence-corrected chi connectivity index (χ4v) is 4.11. The SMILES string of the molecule is C=C(C)COC.CC.COc1ccnc(C(=O)N[C@H]2COCC(Cc3ccccc3)C(C)C(C)OC2=O)c1OCOC(C)=O. The predicted octanol–water partition coefficient (Wildman–Crippen LogP) is 4.78. The molecule has 1 aromatic heterocycles. The van der Waals surface area contributed by atoms with E-state index in [1.54, 1.807) is 7.11 Å². The number of amides is 1. The molecule has 1 aliphatic rings. The van der Waals surface area contributed by atoms with E-state index in [-0.39, 0.29) is 41.7 Å². The third-order valence-electron chi connectivity index (χ3n) is 6.49. The number of cyclic esters (lactones) is 1. The van der Waals surface area contributed by atoms with E-state index >= 15 is 0 Å². The van der Waals surface area contributed by atoms with Crippen molar-refractivity contribution in [3.63, 3.8) is 0 Å². The molecule has 1 aromatic carbocycles. The van der Waals surface area contributed by atoms with E-state index in [9.17, 15) is 14.4 Å². The molecular weight excluding hydrogens is 568 g/mol. The van der Waals surface area contributed by atoms with Crippen molar-refractivity contribution >= 4 is 17.8 Å². The molecule has 44 heavy (non-hydrogen) atoms. The lowest BCUT2D eigenvalue weighted by Gasteiger charge is -2.27. The number of carbonyl (C=O) groups is 3. The van der Waals surface area contributed by atoms with Crippen LogP contribution in [0.3, 0.4) is 0 Å². The summed E-state index contributed by atoms with van der Waals surface area (Å²) in [5.41, 5.74) is 2.10. The van der Waals surface area contributed by atoms with Gasteiger partial charge in [-0.3, -0.25) is 9.59 Å². The molecule has 4 atom stereocenters. The second kappa shape index (κ2) is 20.9. The standard InChI is InChI=1S/C26H32N2O8.C5H10O.C2H6/c1-16-17(2)36-26(31)21(14-33-13-20(16)12-19-8-6-5-7-9-19)28-25(30)23-24(35-15-34-18(3)29)22(32-4)10-11-27-23;1-5(2)4-6-3;1-2/h5-11,16-17,20-21H,12-15H2,1-4H3,(H,28,30);1,4H2,2-3H3;1-2H3/t16?,17?,20?,21-;;/m0../s1. The number of carbonyl (C=O) groups excluding carboxylic acids is 3. The maximum absolute atomic E-state index is 13.1. The first-order valence-corrected chi connectivity index (χ1v) is 14.6. The summed E-state index contributed by atoms with van der Waals surface area (Å²) in [6, 6.07) is 10.5. The van der Waals surface area contributed by atoms with Gasteiger partial charge in [-0.2, -0.15) is 0 Å². The third-order valence-corrected chi connectivity index (χ3v) is 6.49. The Morgan fingerprint density at radius 3 is 2.32 bits per heavy atom. The molecule has 1 amide bonds. The summed E-state index contributed by atoms with van der Waals surface area (Å²) >= 11 is 0. The lowest BCUT2D eigenvalue weighted by molar-refractivity contribution is -0.153. The van der Waals surface area contributed by atoms with E-state index in [1.165, 1.54) is 31.9 Å². The van der Waals surface area contributed by atoms with Gasteiger partial charge in [0.2, 0.25) is 6.79 Å². The Morgan fingerprint density at radius 1 is 1.07 bits per heavy atom. The molecule has 0 aliphatic carbocycles. The average Bonchev–Trinajstić information content (AvgIpc) is 3.04. The number of hydrogen-bond acceptors (Lipinski definition) is 10. The number of esters is 2. The number of hydrogen-bond donors (Lipinski definition) is 1. The number of methoxy groups -OCH3 is 2. The van der Waals surface area contributed by atoms with Gasteiger partial charge in [-0.25, -0.2) is 9.78 Å².